The number of nitrogens with zero attached hydrogens (tertiary/aromatic N) is 3. The second-order valence-corrected chi connectivity index (χ2v) is 12.7. The van der Waals surface area contributed by atoms with E-state index in [1.54, 1.807) is 6.07 Å². The third-order valence-electron chi connectivity index (χ3n) is 9.40. The average molecular weight is 578 g/mol. The zero-order valence-electron chi connectivity index (χ0n) is 23.1. The Morgan fingerprint density at radius 3 is 2.27 bits per heavy atom. The second kappa shape index (κ2) is 10.3. The SMILES string of the molecule is CC(OC(=O)N1CCC2(CC1)CN(Cc1c(N3CC4COCC4C3)cccc1C(F)(F)F)C(C)(C)C2)C(F)(F)F. The van der Waals surface area contributed by atoms with Gasteiger partial charge in [-0.05, 0) is 57.6 Å². The van der Waals surface area contributed by atoms with Gasteiger partial charge in [-0.15, -0.1) is 0 Å². The number of carbonyl (C=O) groups is 1. The van der Waals surface area contributed by atoms with Crippen molar-refractivity contribution in [3.63, 3.8) is 0 Å². The van der Waals surface area contributed by atoms with Gasteiger partial charge in [0.15, 0.2) is 6.10 Å². The van der Waals surface area contributed by atoms with Gasteiger partial charge in [0.1, 0.15) is 0 Å². The molecule has 0 radical (unpaired) electrons. The van der Waals surface area contributed by atoms with Crippen molar-refractivity contribution < 1.29 is 40.6 Å². The number of anilines is 1. The van der Waals surface area contributed by atoms with Crippen LogP contribution in [0.15, 0.2) is 18.2 Å². The molecule has 0 aliphatic carbocycles. The molecule has 0 bridgehead atoms. The number of alkyl halides is 6. The van der Waals surface area contributed by atoms with Gasteiger partial charge >= 0.3 is 18.4 Å². The van der Waals surface area contributed by atoms with Crippen molar-refractivity contribution in [3.8, 4) is 0 Å². The van der Waals surface area contributed by atoms with Crippen LogP contribution >= 0.6 is 0 Å². The van der Waals surface area contributed by atoms with Crippen LogP contribution < -0.4 is 4.90 Å². The largest absolute Gasteiger partial charge is 0.437 e. The Hall–Kier alpha value is -2.21. The Bertz CT molecular complexity index is 1090. The number of likely N-dealkylation sites (tertiary alicyclic amines) is 2. The van der Waals surface area contributed by atoms with Crippen molar-refractivity contribution in [2.45, 2.75) is 70.6 Å². The number of halogens is 6. The first-order chi connectivity index (χ1) is 18.6. The third-order valence-corrected chi connectivity index (χ3v) is 9.40. The van der Waals surface area contributed by atoms with Crippen LogP contribution in [0, 0.1) is 17.3 Å². The lowest BCUT2D eigenvalue weighted by atomic mass is 9.74. The molecule has 5 rings (SSSR count). The van der Waals surface area contributed by atoms with Gasteiger partial charge in [0, 0.05) is 67.9 Å². The van der Waals surface area contributed by atoms with Crippen molar-refractivity contribution in [2.75, 3.05) is 50.8 Å². The first-order valence-corrected chi connectivity index (χ1v) is 13.9. The number of amides is 1. The molecule has 1 aromatic carbocycles. The fraction of sp³-hybridized carbons (Fsp3) is 0.750. The van der Waals surface area contributed by atoms with E-state index >= 15 is 0 Å². The highest BCUT2D eigenvalue weighted by atomic mass is 19.4. The van der Waals surface area contributed by atoms with E-state index in [1.165, 1.54) is 11.0 Å². The molecule has 1 aromatic rings. The lowest BCUT2D eigenvalue weighted by molar-refractivity contribution is -0.200. The number of carbonyl (C=O) groups excluding carboxylic acids is 1. The molecular formula is C28H37F6N3O3. The molecule has 3 unspecified atom stereocenters. The van der Waals surface area contributed by atoms with Gasteiger partial charge < -0.3 is 19.3 Å². The summed E-state index contributed by atoms with van der Waals surface area (Å²) in [6.45, 7) is 8.65. The maximum Gasteiger partial charge on any atom is 0.425 e. The summed E-state index contributed by atoms with van der Waals surface area (Å²) in [6.07, 6.45) is -10.5. The summed E-state index contributed by atoms with van der Waals surface area (Å²) in [7, 11) is 0. The van der Waals surface area contributed by atoms with E-state index in [-0.39, 0.29) is 30.6 Å². The first-order valence-electron chi connectivity index (χ1n) is 13.9. The molecule has 4 fully saturated rings. The number of hydrogen-bond acceptors (Lipinski definition) is 5. The van der Waals surface area contributed by atoms with Gasteiger partial charge in [-0.25, -0.2) is 4.79 Å². The predicted molar refractivity (Wildman–Crippen MR) is 136 cm³/mol. The number of benzene rings is 1. The predicted octanol–water partition coefficient (Wildman–Crippen LogP) is 5.94. The van der Waals surface area contributed by atoms with Gasteiger partial charge in [-0.2, -0.15) is 26.3 Å². The van der Waals surface area contributed by atoms with Crippen LogP contribution in [0.1, 0.15) is 51.2 Å². The van der Waals surface area contributed by atoms with E-state index < -0.39 is 35.7 Å². The topological polar surface area (TPSA) is 45.2 Å². The van der Waals surface area contributed by atoms with E-state index in [0.717, 1.165) is 19.4 Å². The first kappa shape index (κ1) is 29.3. The Kier molecular flexibility index (Phi) is 7.51. The van der Waals surface area contributed by atoms with E-state index in [1.807, 2.05) is 13.8 Å². The highest BCUT2D eigenvalue weighted by Crippen LogP contribution is 2.50. The summed E-state index contributed by atoms with van der Waals surface area (Å²) in [5.74, 6) is 0.648. The summed E-state index contributed by atoms with van der Waals surface area (Å²) in [5, 5.41) is 0. The zero-order chi connectivity index (χ0) is 29.1. The third kappa shape index (κ3) is 5.75. The minimum Gasteiger partial charge on any atom is -0.437 e. The second-order valence-electron chi connectivity index (χ2n) is 12.7. The quantitative estimate of drug-likeness (QED) is 0.415. The summed E-state index contributed by atoms with van der Waals surface area (Å²) in [4.78, 5) is 17.8. The summed E-state index contributed by atoms with van der Waals surface area (Å²) in [5.41, 5.74) is -0.365. The van der Waals surface area contributed by atoms with Gasteiger partial charge in [0.25, 0.3) is 0 Å². The number of rotatable bonds is 4. The Morgan fingerprint density at radius 1 is 1.07 bits per heavy atom. The Morgan fingerprint density at radius 2 is 1.70 bits per heavy atom. The number of ether oxygens (including phenoxy) is 2. The molecule has 0 saturated carbocycles. The molecule has 1 spiro atoms. The van der Waals surface area contributed by atoms with Crippen molar-refractivity contribution in [1.82, 2.24) is 9.80 Å². The van der Waals surface area contributed by atoms with Crippen molar-refractivity contribution >= 4 is 11.8 Å². The van der Waals surface area contributed by atoms with Crippen LogP contribution in [0.4, 0.5) is 36.8 Å². The minimum absolute atomic E-state index is 0.136. The lowest BCUT2D eigenvalue weighted by Gasteiger charge is -2.39. The molecule has 3 atom stereocenters. The van der Waals surface area contributed by atoms with Crippen LogP contribution in [0.3, 0.4) is 0 Å². The van der Waals surface area contributed by atoms with Gasteiger partial charge in [-0.1, -0.05) is 6.07 Å². The molecular weight excluding hydrogens is 540 g/mol. The Balaban J connectivity index is 1.32. The molecule has 224 valence electrons. The van der Waals surface area contributed by atoms with E-state index in [9.17, 15) is 31.1 Å². The fourth-order valence-corrected chi connectivity index (χ4v) is 7.14. The summed E-state index contributed by atoms with van der Waals surface area (Å²) >= 11 is 0. The van der Waals surface area contributed by atoms with E-state index in [4.69, 9.17) is 4.74 Å². The van der Waals surface area contributed by atoms with Crippen molar-refractivity contribution in [3.05, 3.63) is 29.3 Å². The van der Waals surface area contributed by atoms with E-state index in [2.05, 4.69) is 14.5 Å². The van der Waals surface area contributed by atoms with Crippen LogP contribution in [-0.2, 0) is 22.2 Å². The van der Waals surface area contributed by atoms with Crippen LogP contribution in [0.2, 0.25) is 0 Å². The standard InChI is InChI=1S/C28H37F6N3O3/c1-18(27(29,30)31)40-24(38)35-9-7-26(8-10-35)16-25(2,3)37(17-26)13-21-22(28(32,33)34)5-4-6-23(21)36-11-19-14-39-15-20(19)12-36/h4-6,18-20H,7-17H2,1-3H3. The number of hydrogen-bond donors (Lipinski definition) is 0. The molecule has 1 amide bonds. The normalized spacial score (nSPS) is 27.3. The maximum absolute atomic E-state index is 14.3. The molecule has 40 heavy (non-hydrogen) atoms. The molecule has 6 nitrogen and oxygen atoms in total. The highest BCUT2D eigenvalue weighted by Gasteiger charge is 2.51. The highest BCUT2D eigenvalue weighted by molar-refractivity contribution is 5.68. The fourth-order valence-electron chi connectivity index (χ4n) is 7.14. The van der Waals surface area contributed by atoms with Gasteiger partial charge in [-0.3, -0.25) is 4.90 Å². The molecule has 4 aliphatic heterocycles. The summed E-state index contributed by atoms with van der Waals surface area (Å²) < 4.78 is 91.5. The average Bonchev–Trinajstić information content (AvgIpc) is 3.51. The zero-order valence-corrected chi connectivity index (χ0v) is 23.1. The van der Waals surface area contributed by atoms with Crippen molar-refractivity contribution in [1.29, 1.82) is 0 Å². The molecule has 4 heterocycles. The Labute approximate surface area is 230 Å². The lowest BCUT2D eigenvalue weighted by Crippen LogP contribution is -2.46. The smallest absolute Gasteiger partial charge is 0.425 e. The number of piperidine rings is 1. The molecule has 0 aromatic heterocycles. The molecule has 4 aliphatic rings. The van der Waals surface area contributed by atoms with Crippen LogP contribution in [0.25, 0.3) is 0 Å². The van der Waals surface area contributed by atoms with Gasteiger partial charge in [0.05, 0.1) is 18.8 Å². The summed E-state index contributed by atoms with van der Waals surface area (Å²) in [6, 6.07) is 4.43. The number of fused-ring (bicyclic) bond motifs is 1. The van der Waals surface area contributed by atoms with Gasteiger partial charge in [0.2, 0.25) is 0 Å². The molecule has 4 saturated heterocycles. The van der Waals surface area contributed by atoms with Crippen LogP contribution in [0.5, 0.6) is 0 Å². The molecule has 0 N–H and O–H groups in total. The molecule has 12 heteroatoms. The van der Waals surface area contributed by atoms with Crippen LogP contribution in [-0.4, -0.2) is 79.6 Å². The minimum atomic E-state index is -4.63. The van der Waals surface area contributed by atoms with E-state index in [0.29, 0.717) is 63.2 Å². The van der Waals surface area contributed by atoms with Crippen molar-refractivity contribution in [2.24, 2.45) is 17.3 Å². The maximum atomic E-state index is 14.3. The monoisotopic (exact) mass is 577 g/mol.